The summed E-state index contributed by atoms with van der Waals surface area (Å²) in [5.41, 5.74) is -0.0228. The molecule has 0 unspecified atom stereocenters. The number of hydrogen-bond donors (Lipinski definition) is 2. The first kappa shape index (κ1) is 21.6. The van der Waals surface area contributed by atoms with Crippen LogP contribution in [0.4, 0.5) is 11.5 Å². The van der Waals surface area contributed by atoms with Crippen LogP contribution in [0.2, 0.25) is 0 Å². The van der Waals surface area contributed by atoms with Crippen molar-refractivity contribution in [3.63, 3.8) is 0 Å². The predicted octanol–water partition coefficient (Wildman–Crippen LogP) is 3.00. The molecule has 0 amide bonds. The molecule has 0 bridgehead atoms. The van der Waals surface area contributed by atoms with Gasteiger partial charge in [0.2, 0.25) is 0 Å². The van der Waals surface area contributed by atoms with Crippen LogP contribution in [-0.4, -0.2) is 37.8 Å². The van der Waals surface area contributed by atoms with Crippen molar-refractivity contribution in [3.05, 3.63) is 42.6 Å². The third-order valence-electron chi connectivity index (χ3n) is 5.16. The summed E-state index contributed by atoms with van der Waals surface area (Å²) in [6.07, 6.45) is 1.65. The normalized spacial score (nSPS) is 18.1. The molecule has 9 heteroatoms. The van der Waals surface area contributed by atoms with Gasteiger partial charge in [-0.15, -0.1) is 0 Å². The molecular weight excluding hydrogens is 389 g/mol. The minimum atomic E-state index is -3.77. The van der Waals surface area contributed by atoms with Gasteiger partial charge in [-0.3, -0.25) is 4.72 Å². The van der Waals surface area contributed by atoms with Gasteiger partial charge in [0.1, 0.15) is 0 Å². The monoisotopic (exact) mass is 417 g/mol. The van der Waals surface area contributed by atoms with E-state index in [4.69, 9.17) is 9.31 Å². The smallest absolute Gasteiger partial charge is 0.399 e. The Bertz CT molecular complexity index is 962. The molecule has 2 N–H and O–H groups in total. The zero-order valence-electron chi connectivity index (χ0n) is 17.7. The van der Waals surface area contributed by atoms with Gasteiger partial charge in [-0.1, -0.05) is 18.2 Å². The number of nitrogens with zero attached hydrogens (tertiary/aromatic N) is 1. The fourth-order valence-electron chi connectivity index (χ4n) is 2.86. The number of hydrogen-bond acceptors (Lipinski definition) is 6. The lowest BCUT2D eigenvalue weighted by atomic mass is 9.80. The van der Waals surface area contributed by atoms with Crippen molar-refractivity contribution < 1.29 is 17.7 Å². The van der Waals surface area contributed by atoms with Crippen LogP contribution in [0.1, 0.15) is 41.5 Å². The second kappa shape index (κ2) is 7.62. The highest BCUT2D eigenvalue weighted by Crippen LogP contribution is 2.36. The van der Waals surface area contributed by atoms with Gasteiger partial charge in [-0.2, -0.15) is 0 Å². The molecule has 1 aliphatic rings. The van der Waals surface area contributed by atoms with Gasteiger partial charge in [0, 0.05) is 17.7 Å². The van der Waals surface area contributed by atoms with E-state index in [0.717, 1.165) is 0 Å². The third-order valence-corrected chi connectivity index (χ3v) is 6.54. The Balaban J connectivity index is 1.97. The minimum absolute atomic E-state index is 0.0742. The quantitative estimate of drug-likeness (QED) is 0.703. The Morgan fingerprint density at radius 1 is 1.03 bits per heavy atom. The molecule has 156 valence electrons. The molecular formula is C20H28BN3O4S. The second-order valence-electron chi connectivity index (χ2n) is 8.47. The van der Waals surface area contributed by atoms with Gasteiger partial charge >= 0.3 is 7.12 Å². The SMILES string of the molecule is CC(C)Nc1ncc(B2OC(C)(C)C(C)(C)O2)cc1NS(=O)(=O)c1ccccc1. The Labute approximate surface area is 173 Å². The predicted molar refractivity (Wildman–Crippen MR) is 116 cm³/mol. The summed E-state index contributed by atoms with van der Waals surface area (Å²) in [5, 5.41) is 3.18. The van der Waals surface area contributed by atoms with E-state index in [-0.39, 0.29) is 10.9 Å². The molecule has 3 rings (SSSR count). The van der Waals surface area contributed by atoms with Crippen molar-refractivity contribution in [2.24, 2.45) is 0 Å². The largest absolute Gasteiger partial charge is 0.496 e. The van der Waals surface area contributed by atoms with Gasteiger partial charge in [0.05, 0.1) is 21.8 Å². The maximum absolute atomic E-state index is 12.8. The van der Waals surface area contributed by atoms with Crippen LogP contribution in [0.25, 0.3) is 0 Å². The van der Waals surface area contributed by atoms with E-state index >= 15 is 0 Å². The summed E-state index contributed by atoms with van der Waals surface area (Å²) in [6.45, 7) is 11.8. The second-order valence-corrected chi connectivity index (χ2v) is 10.2. The maximum Gasteiger partial charge on any atom is 0.496 e. The van der Waals surface area contributed by atoms with E-state index in [1.54, 1.807) is 42.6 Å². The molecule has 2 aromatic rings. The van der Waals surface area contributed by atoms with Gasteiger partial charge in [-0.25, -0.2) is 13.4 Å². The van der Waals surface area contributed by atoms with Crippen LogP contribution in [-0.2, 0) is 19.3 Å². The lowest BCUT2D eigenvalue weighted by Crippen LogP contribution is -2.41. The van der Waals surface area contributed by atoms with Crippen molar-refractivity contribution in [1.29, 1.82) is 0 Å². The highest BCUT2D eigenvalue weighted by molar-refractivity contribution is 7.92. The number of rotatable bonds is 6. The first-order chi connectivity index (χ1) is 13.4. The highest BCUT2D eigenvalue weighted by atomic mass is 32.2. The van der Waals surface area contributed by atoms with Crippen LogP contribution in [0.5, 0.6) is 0 Å². The van der Waals surface area contributed by atoms with Crippen LogP contribution in [0, 0.1) is 0 Å². The molecule has 0 spiro atoms. The van der Waals surface area contributed by atoms with Crippen molar-refractivity contribution in [1.82, 2.24) is 4.98 Å². The fourth-order valence-corrected chi connectivity index (χ4v) is 3.94. The van der Waals surface area contributed by atoms with Crippen molar-refractivity contribution in [2.45, 2.75) is 63.7 Å². The molecule has 0 saturated carbocycles. The number of benzene rings is 1. The minimum Gasteiger partial charge on any atom is -0.399 e. The topological polar surface area (TPSA) is 89.6 Å². The van der Waals surface area contributed by atoms with Crippen LogP contribution in [0.3, 0.4) is 0 Å². The summed E-state index contributed by atoms with van der Waals surface area (Å²) >= 11 is 0. The number of pyridine rings is 1. The zero-order chi connectivity index (χ0) is 21.4. The molecule has 2 heterocycles. The van der Waals surface area contributed by atoms with Gasteiger partial charge < -0.3 is 14.6 Å². The molecule has 7 nitrogen and oxygen atoms in total. The van der Waals surface area contributed by atoms with E-state index in [9.17, 15) is 8.42 Å². The van der Waals surface area contributed by atoms with E-state index in [2.05, 4.69) is 15.0 Å². The van der Waals surface area contributed by atoms with Crippen LogP contribution < -0.4 is 15.5 Å². The molecule has 29 heavy (non-hydrogen) atoms. The van der Waals surface area contributed by atoms with Gasteiger partial charge in [0.15, 0.2) is 5.82 Å². The van der Waals surface area contributed by atoms with Crippen molar-refractivity contribution in [2.75, 3.05) is 10.0 Å². The number of nitrogens with one attached hydrogen (secondary N) is 2. The zero-order valence-corrected chi connectivity index (χ0v) is 18.5. The van der Waals surface area contributed by atoms with Crippen molar-refractivity contribution in [3.8, 4) is 0 Å². The lowest BCUT2D eigenvalue weighted by molar-refractivity contribution is 0.00578. The van der Waals surface area contributed by atoms with Crippen LogP contribution in [0.15, 0.2) is 47.5 Å². The molecule has 0 radical (unpaired) electrons. The summed E-state index contributed by atoms with van der Waals surface area (Å²) < 4.78 is 40.5. The average Bonchev–Trinajstić information content (AvgIpc) is 2.84. The molecule has 0 aliphatic carbocycles. The molecule has 0 atom stereocenters. The first-order valence-electron chi connectivity index (χ1n) is 9.61. The Kier molecular flexibility index (Phi) is 5.68. The van der Waals surface area contributed by atoms with E-state index in [1.165, 1.54) is 0 Å². The Morgan fingerprint density at radius 2 is 1.62 bits per heavy atom. The Morgan fingerprint density at radius 3 is 2.17 bits per heavy atom. The van der Waals surface area contributed by atoms with Crippen molar-refractivity contribution >= 4 is 34.1 Å². The Hall–Kier alpha value is -2.10. The summed E-state index contributed by atoms with van der Waals surface area (Å²) in [7, 11) is -4.41. The van der Waals surface area contributed by atoms with Crippen LogP contribution >= 0.6 is 0 Å². The van der Waals surface area contributed by atoms with Gasteiger partial charge in [-0.05, 0) is 59.7 Å². The van der Waals surface area contributed by atoms with Gasteiger partial charge in [0.25, 0.3) is 10.0 Å². The van der Waals surface area contributed by atoms with E-state index in [0.29, 0.717) is 17.0 Å². The maximum atomic E-state index is 12.8. The summed E-state index contributed by atoms with van der Waals surface area (Å²) in [4.78, 5) is 4.62. The molecule has 1 aliphatic heterocycles. The van der Waals surface area contributed by atoms with E-state index in [1.807, 2.05) is 41.5 Å². The third kappa shape index (κ3) is 4.57. The number of aromatic nitrogens is 1. The highest BCUT2D eigenvalue weighted by Gasteiger charge is 2.52. The molecule has 1 aromatic carbocycles. The number of anilines is 2. The number of sulfonamides is 1. The first-order valence-corrected chi connectivity index (χ1v) is 11.1. The summed E-state index contributed by atoms with van der Waals surface area (Å²) in [6, 6.07) is 10.0. The standard InChI is InChI=1S/C20H28BN3O4S/c1-14(2)23-18-17(24-29(25,26)16-10-8-7-9-11-16)12-15(13-22-18)21-27-19(3,4)20(5,6)28-21/h7-14,24H,1-6H3,(H,22,23). The molecule has 1 fully saturated rings. The van der Waals surface area contributed by atoms with E-state index < -0.39 is 28.3 Å². The molecule has 1 aromatic heterocycles. The average molecular weight is 417 g/mol. The lowest BCUT2D eigenvalue weighted by Gasteiger charge is -2.32. The summed E-state index contributed by atoms with van der Waals surface area (Å²) in [5.74, 6) is 0.444. The molecule has 1 saturated heterocycles. The fraction of sp³-hybridized carbons (Fsp3) is 0.450.